The van der Waals surface area contributed by atoms with Crippen molar-refractivity contribution in [3.05, 3.63) is 21.9 Å². The Labute approximate surface area is 59.5 Å². The van der Waals surface area contributed by atoms with Crippen LogP contribution >= 0.6 is 11.3 Å². The predicted molar refractivity (Wildman–Crippen MR) is 38.0 cm³/mol. The van der Waals surface area contributed by atoms with Gasteiger partial charge in [0, 0.05) is 0 Å². The number of fused-ring (bicyclic) bond motifs is 1. The molecule has 0 aliphatic rings. The van der Waals surface area contributed by atoms with Gasteiger partial charge in [-0.15, -0.1) is 11.3 Å². The first-order valence-electron chi connectivity index (χ1n) is 2.65. The number of hydrogen-bond donors (Lipinski definition) is 1. The minimum Gasteiger partial charge on any atom is -0.286 e. The number of aromatic nitrogens is 3. The van der Waals surface area contributed by atoms with Gasteiger partial charge in [0.2, 0.25) is 5.43 Å². The second-order valence-electron chi connectivity index (χ2n) is 1.76. The highest BCUT2D eigenvalue weighted by molar-refractivity contribution is 7.16. The average Bonchev–Trinajstić information content (AvgIpc) is 2.36. The van der Waals surface area contributed by atoms with Gasteiger partial charge in [0.05, 0.1) is 11.7 Å². The van der Waals surface area contributed by atoms with E-state index in [2.05, 4.69) is 15.2 Å². The molecule has 0 saturated carbocycles. The molecule has 10 heavy (non-hydrogen) atoms. The van der Waals surface area contributed by atoms with Crippen molar-refractivity contribution in [1.82, 2.24) is 15.2 Å². The number of H-pyrrole nitrogens is 1. The zero-order chi connectivity index (χ0) is 6.97. The van der Waals surface area contributed by atoms with Crippen LogP contribution in [0.15, 0.2) is 16.5 Å². The van der Waals surface area contributed by atoms with Crippen molar-refractivity contribution in [3.63, 3.8) is 0 Å². The van der Waals surface area contributed by atoms with Crippen LogP contribution in [0.25, 0.3) is 10.3 Å². The number of nitrogens with one attached hydrogen (secondary N) is 1. The molecule has 5 heteroatoms. The van der Waals surface area contributed by atoms with Crippen molar-refractivity contribution in [2.45, 2.75) is 0 Å². The maximum atomic E-state index is 10.9. The van der Waals surface area contributed by atoms with E-state index in [1.165, 1.54) is 17.5 Å². The summed E-state index contributed by atoms with van der Waals surface area (Å²) in [6.07, 6.45) is 1.22. The first-order chi connectivity index (χ1) is 4.88. The van der Waals surface area contributed by atoms with Crippen LogP contribution in [0.5, 0.6) is 0 Å². The Balaban J connectivity index is 3.09. The Morgan fingerprint density at radius 3 is 3.30 bits per heavy atom. The Hall–Kier alpha value is -1.23. The smallest absolute Gasteiger partial charge is 0.227 e. The number of aromatic amines is 1. The van der Waals surface area contributed by atoms with Crippen LogP contribution in [0.3, 0.4) is 0 Å². The lowest BCUT2D eigenvalue weighted by atomic mass is 10.5. The maximum absolute atomic E-state index is 10.9. The van der Waals surface area contributed by atoms with Gasteiger partial charge in [0.1, 0.15) is 10.3 Å². The number of thiazole rings is 1. The van der Waals surface area contributed by atoms with Crippen LogP contribution in [-0.2, 0) is 0 Å². The summed E-state index contributed by atoms with van der Waals surface area (Å²) in [5.74, 6) is 0. The second-order valence-corrected chi connectivity index (χ2v) is 2.62. The summed E-state index contributed by atoms with van der Waals surface area (Å²) >= 11 is 1.37. The lowest BCUT2D eigenvalue weighted by molar-refractivity contribution is 1.07. The molecule has 0 unspecified atom stereocenters. The van der Waals surface area contributed by atoms with Gasteiger partial charge in [-0.25, -0.2) is 4.98 Å². The minimum atomic E-state index is -0.130. The molecule has 0 atom stereocenters. The lowest BCUT2D eigenvalue weighted by Gasteiger charge is -1.81. The molecule has 0 amide bonds. The maximum Gasteiger partial charge on any atom is 0.227 e. The molecule has 0 fully saturated rings. The van der Waals surface area contributed by atoms with Crippen LogP contribution < -0.4 is 5.43 Å². The van der Waals surface area contributed by atoms with E-state index in [4.69, 9.17) is 0 Å². The molecule has 2 aromatic heterocycles. The van der Waals surface area contributed by atoms with E-state index >= 15 is 0 Å². The van der Waals surface area contributed by atoms with E-state index < -0.39 is 0 Å². The van der Waals surface area contributed by atoms with E-state index in [1.807, 2.05) is 0 Å². The van der Waals surface area contributed by atoms with Crippen LogP contribution in [0.1, 0.15) is 0 Å². The van der Waals surface area contributed by atoms with Crippen molar-refractivity contribution < 1.29 is 0 Å². The molecule has 0 aliphatic heterocycles. The Kier molecular flexibility index (Phi) is 1.04. The van der Waals surface area contributed by atoms with Crippen molar-refractivity contribution in [2.75, 3.05) is 0 Å². The zero-order valence-corrected chi connectivity index (χ0v) is 5.68. The molecule has 2 rings (SSSR count). The molecule has 0 radical (unpaired) electrons. The highest BCUT2D eigenvalue weighted by atomic mass is 32.1. The normalized spacial score (nSPS) is 10.4. The monoisotopic (exact) mass is 153 g/mol. The highest BCUT2D eigenvalue weighted by Gasteiger charge is 1.98. The summed E-state index contributed by atoms with van der Waals surface area (Å²) in [6.45, 7) is 0. The number of hydrogen-bond acceptors (Lipinski definition) is 4. The lowest BCUT2D eigenvalue weighted by Crippen LogP contribution is -2.01. The number of nitrogens with zero attached hydrogens (tertiary/aromatic N) is 2. The molecular formula is C5H3N3OS. The van der Waals surface area contributed by atoms with Gasteiger partial charge in [-0.2, -0.15) is 5.10 Å². The molecule has 0 spiro atoms. The molecule has 0 bridgehead atoms. The third kappa shape index (κ3) is 0.640. The van der Waals surface area contributed by atoms with Gasteiger partial charge in [-0.05, 0) is 0 Å². The summed E-state index contributed by atoms with van der Waals surface area (Å²) in [7, 11) is 0. The standard InChI is InChI=1S/C5H3N3OS/c9-3-1-7-8-5-4(3)6-2-10-5/h1-2H,(H,8,9). The Morgan fingerprint density at radius 1 is 1.60 bits per heavy atom. The van der Waals surface area contributed by atoms with Gasteiger partial charge < -0.3 is 0 Å². The summed E-state index contributed by atoms with van der Waals surface area (Å²) in [4.78, 5) is 15.5. The number of rotatable bonds is 0. The van der Waals surface area contributed by atoms with Crippen molar-refractivity contribution >= 4 is 21.7 Å². The van der Waals surface area contributed by atoms with E-state index in [-0.39, 0.29) is 5.43 Å². The summed E-state index contributed by atoms with van der Waals surface area (Å²) in [5.41, 5.74) is 1.96. The third-order valence-corrected chi connectivity index (χ3v) is 1.88. The van der Waals surface area contributed by atoms with Crippen LogP contribution in [0.2, 0.25) is 0 Å². The van der Waals surface area contributed by atoms with Crippen LogP contribution in [0.4, 0.5) is 0 Å². The van der Waals surface area contributed by atoms with Crippen LogP contribution in [-0.4, -0.2) is 15.2 Å². The topological polar surface area (TPSA) is 58.6 Å². The van der Waals surface area contributed by atoms with Crippen molar-refractivity contribution in [1.29, 1.82) is 0 Å². The summed E-state index contributed by atoms with van der Waals surface area (Å²) in [6, 6.07) is 0. The Morgan fingerprint density at radius 2 is 2.50 bits per heavy atom. The average molecular weight is 153 g/mol. The highest BCUT2D eigenvalue weighted by Crippen LogP contribution is 2.07. The molecule has 0 saturated heterocycles. The minimum absolute atomic E-state index is 0.130. The fourth-order valence-corrected chi connectivity index (χ4v) is 1.35. The van der Waals surface area contributed by atoms with Crippen LogP contribution in [0, 0.1) is 0 Å². The quantitative estimate of drug-likeness (QED) is 0.595. The third-order valence-electron chi connectivity index (χ3n) is 1.15. The van der Waals surface area contributed by atoms with E-state index in [0.29, 0.717) is 5.52 Å². The van der Waals surface area contributed by atoms with Gasteiger partial charge in [-0.1, -0.05) is 0 Å². The summed E-state index contributed by atoms with van der Waals surface area (Å²) in [5, 5.41) is 6.30. The predicted octanol–water partition coefficient (Wildman–Crippen LogP) is 0.380. The van der Waals surface area contributed by atoms with Crippen molar-refractivity contribution in [2.24, 2.45) is 0 Å². The van der Waals surface area contributed by atoms with Gasteiger partial charge in [0.15, 0.2) is 0 Å². The molecule has 1 N–H and O–H groups in total. The first kappa shape index (κ1) is 5.55. The zero-order valence-electron chi connectivity index (χ0n) is 4.87. The van der Waals surface area contributed by atoms with E-state index in [1.54, 1.807) is 5.51 Å². The van der Waals surface area contributed by atoms with Gasteiger partial charge >= 0.3 is 0 Å². The SMILES string of the molecule is O=c1cn[nH]c2scnc12. The van der Waals surface area contributed by atoms with E-state index in [9.17, 15) is 4.79 Å². The fraction of sp³-hybridized carbons (Fsp3) is 0. The molecule has 0 aromatic carbocycles. The Bertz CT molecular complexity index is 404. The molecule has 4 nitrogen and oxygen atoms in total. The molecule has 0 aliphatic carbocycles. The summed E-state index contributed by atoms with van der Waals surface area (Å²) < 4.78 is 0. The molecule has 50 valence electrons. The van der Waals surface area contributed by atoms with E-state index in [0.717, 1.165) is 4.83 Å². The van der Waals surface area contributed by atoms with Gasteiger partial charge in [-0.3, -0.25) is 9.89 Å². The second kappa shape index (κ2) is 1.88. The molecule has 2 aromatic rings. The van der Waals surface area contributed by atoms with Crippen molar-refractivity contribution in [3.8, 4) is 0 Å². The molecule has 2 heterocycles. The molecular weight excluding hydrogens is 150 g/mol. The fourth-order valence-electron chi connectivity index (χ4n) is 0.712. The first-order valence-corrected chi connectivity index (χ1v) is 3.53. The van der Waals surface area contributed by atoms with Gasteiger partial charge in [0.25, 0.3) is 0 Å². The largest absolute Gasteiger partial charge is 0.286 e.